The van der Waals surface area contributed by atoms with Crippen molar-refractivity contribution in [1.29, 1.82) is 0 Å². The second kappa shape index (κ2) is 6.86. The van der Waals surface area contributed by atoms with E-state index < -0.39 is 0 Å². The number of carbonyl (C=O) groups excluding carboxylic acids is 1. The van der Waals surface area contributed by atoms with Gasteiger partial charge in [-0.2, -0.15) is 0 Å². The third kappa shape index (κ3) is 4.10. The highest BCUT2D eigenvalue weighted by Crippen LogP contribution is 2.05. The normalized spacial score (nSPS) is 23.2. The molecule has 1 rings (SSSR count). The molecule has 0 spiro atoms. The fraction of sp³-hybridized carbons (Fsp3) is 0.917. The highest BCUT2D eigenvalue weighted by Gasteiger charge is 2.24. The van der Waals surface area contributed by atoms with Gasteiger partial charge in [0, 0.05) is 32.3 Å². The van der Waals surface area contributed by atoms with Crippen molar-refractivity contribution < 1.29 is 9.53 Å². The lowest BCUT2D eigenvalue weighted by molar-refractivity contribution is -0.143. The maximum atomic E-state index is 12.0. The number of ether oxygens (including phenoxy) is 1. The van der Waals surface area contributed by atoms with Crippen LogP contribution in [0.15, 0.2) is 0 Å². The van der Waals surface area contributed by atoms with Gasteiger partial charge in [0.25, 0.3) is 5.91 Å². The first-order valence-corrected chi connectivity index (χ1v) is 6.29. The van der Waals surface area contributed by atoms with Crippen LogP contribution in [0.25, 0.3) is 0 Å². The molecule has 1 amide bonds. The van der Waals surface area contributed by atoms with Crippen LogP contribution in [0.4, 0.5) is 0 Å². The molecule has 0 saturated carbocycles. The molecule has 0 bridgehead atoms. The number of rotatable bonds is 5. The summed E-state index contributed by atoms with van der Waals surface area (Å²) in [6.07, 6.45) is 1.83. The summed E-state index contributed by atoms with van der Waals surface area (Å²) in [5.41, 5.74) is 0. The molecular formula is C12H24N2O2. The van der Waals surface area contributed by atoms with E-state index in [1.54, 1.807) is 0 Å². The SMILES string of the molecule is CCCCOC(C)C(=O)N1CCNC(C)C1. The van der Waals surface area contributed by atoms with Crippen LogP contribution in [-0.4, -0.2) is 49.2 Å². The quantitative estimate of drug-likeness (QED) is 0.714. The van der Waals surface area contributed by atoms with E-state index in [0.29, 0.717) is 12.6 Å². The van der Waals surface area contributed by atoms with Gasteiger partial charge in [-0.1, -0.05) is 13.3 Å². The number of amides is 1. The van der Waals surface area contributed by atoms with Gasteiger partial charge >= 0.3 is 0 Å². The molecule has 94 valence electrons. The number of hydrogen-bond acceptors (Lipinski definition) is 3. The molecule has 1 fully saturated rings. The predicted octanol–water partition coefficient (Wildman–Crippen LogP) is 1.01. The van der Waals surface area contributed by atoms with Crippen LogP contribution in [0.3, 0.4) is 0 Å². The second-order valence-electron chi connectivity index (χ2n) is 4.51. The maximum absolute atomic E-state index is 12.0. The summed E-state index contributed by atoms with van der Waals surface area (Å²) in [7, 11) is 0. The molecule has 1 aliphatic rings. The van der Waals surface area contributed by atoms with E-state index in [1.807, 2.05) is 11.8 Å². The second-order valence-corrected chi connectivity index (χ2v) is 4.51. The minimum absolute atomic E-state index is 0.129. The first-order chi connectivity index (χ1) is 7.65. The van der Waals surface area contributed by atoms with Crippen molar-refractivity contribution in [2.45, 2.75) is 45.8 Å². The monoisotopic (exact) mass is 228 g/mol. The summed E-state index contributed by atoms with van der Waals surface area (Å²) in [5, 5.41) is 3.32. The number of nitrogens with one attached hydrogen (secondary N) is 1. The van der Waals surface area contributed by atoms with Crippen LogP contribution >= 0.6 is 0 Å². The van der Waals surface area contributed by atoms with Crippen LogP contribution in [0.5, 0.6) is 0 Å². The van der Waals surface area contributed by atoms with Gasteiger partial charge in [-0.05, 0) is 20.3 Å². The highest BCUT2D eigenvalue weighted by molar-refractivity contribution is 5.80. The summed E-state index contributed by atoms with van der Waals surface area (Å²) >= 11 is 0. The lowest BCUT2D eigenvalue weighted by atomic mass is 10.2. The van der Waals surface area contributed by atoms with Crippen LogP contribution in [0.1, 0.15) is 33.6 Å². The van der Waals surface area contributed by atoms with E-state index >= 15 is 0 Å². The molecule has 4 heteroatoms. The third-order valence-corrected chi connectivity index (χ3v) is 2.89. The standard InChI is InChI=1S/C12H24N2O2/c1-4-5-8-16-11(3)12(15)14-7-6-13-10(2)9-14/h10-11,13H,4-9H2,1-3H3. The molecule has 1 N–H and O–H groups in total. The number of hydrogen-bond donors (Lipinski definition) is 1. The van der Waals surface area contributed by atoms with Crippen LogP contribution in [0.2, 0.25) is 0 Å². The summed E-state index contributed by atoms with van der Waals surface area (Å²) in [6.45, 7) is 9.23. The number of piperazine rings is 1. The van der Waals surface area contributed by atoms with Crippen molar-refractivity contribution in [2.24, 2.45) is 0 Å². The summed E-state index contributed by atoms with van der Waals surface area (Å²) in [5.74, 6) is 0.129. The first kappa shape index (κ1) is 13.5. The molecule has 0 aromatic rings. The van der Waals surface area contributed by atoms with Gasteiger partial charge in [0.1, 0.15) is 6.10 Å². The lowest BCUT2D eigenvalue weighted by Crippen LogP contribution is -2.53. The van der Waals surface area contributed by atoms with E-state index in [-0.39, 0.29) is 12.0 Å². The maximum Gasteiger partial charge on any atom is 0.251 e. The molecule has 1 aliphatic heterocycles. The molecule has 0 aromatic carbocycles. The summed E-state index contributed by atoms with van der Waals surface area (Å²) in [4.78, 5) is 13.9. The van der Waals surface area contributed by atoms with E-state index in [4.69, 9.17) is 4.74 Å². The first-order valence-electron chi connectivity index (χ1n) is 6.29. The van der Waals surface area contributed by atoms with Gasteiger partial charge in [0.15, 0.2) is 0 Å². The Morgan fingerprint density at radius 2 is 2.38 bits per heavy atom. The largest absolute Gasteiger partial charge is 0.369 e. The molecule has 1 saturated heterocycles. The average molecular weight is 228 g/mol. The molecule has 16 heavy (non-hydrogen) atoms. The Kier molecular flexibility index (Phi) is 5.77. The Morgan fingerprint density at radius 1 is 1.62 bits per heavy atom. The Morgan fingerprint density at radius 3 is 3.00 bits per heavy atom. The molecular weight excluding hydrogens is 204 g/mol. The van der Waals surface area contributed by atoms with E-state index in [0.717, 1.165) is 32.5 Å². The van der Waals surface area contributed by atoms with Crippen molar-refractivity contribution in [3.8, 4) is 0 Å². The van der Waals surface area contributed by atoms with E-state index in [1.165, 1.54) is 0 Å². The van der Waals surface area contributed by atoms with Gasteiger partial charge in [-0.15, -0.1) is 0 Å². The topological polar surface area (TPSA) is 41.6 Å². The summed E-state index contributed by atoms with van der Waals surface area (Å²) < 4.78 is 5.52. The zero-order valence-electron chi connectivity index (χ0n) is 10.7. The van der Waals surface area contributed by atoms with Crippen molar-refractivity contribution in [3.63, 3.8) is 0 Å². The third-order valence-electron chi connectivity index (χ3n) is 2.89. The Hall–Kier alpha value is -0.610. The average Bonchev–Trinajstić information content (AvgIpc) is 2.28. The van der Waals surface area contributed by atoms with Gasteiger partial charge in [-0.3, -0.25) is 4.79 Å². The lowest BCUT2D eigenvalue weighted by Gasteiger charge is -2.33. The zero-order chi connectivity index (χ0) is 12.0. The van der Waals surface area contributed by atoms with Crippen LogP contribution in [0, 0.1) is 0 Å². The molecule has 2 atom stereocenters. The smallest absolute Gasteiger partial charge is 0.251 e. The fourth-order valence-electron chi connectivity index (χ4n) is 1.87. The van der Waals surface area contributed by atoms with Gasteiger partial charge in [-0.25, -0.2) is 0 Å². The molecule has 0 aliphatic carbocycles. The Labute approximate surface area is 98.3 Å². The molecule has 1 heterocycles. The molecule has 2 unspecified atom stereocenters. The number of nitrogens with zero attached hydrogens (tertiary/aromatic N) is 1. The van der Waals surface area contributed by atoms with Gasteiger partial charge < -0.3 is 15.0 Å². The molecule has 4 nitrogen and oxygen atoms in total. The van der Waals surface area contributed by atoms with Crippen LogP contribution in [-0.2, 0) is 9.53 Å². The minimum atomic E-state index is -0.295. The van der Waals surface area contributed by atoms with Crippen molar-refractivity contribution >= 4 is 5.91 Å². The van der Waals surface area contributed by atoms with Crippen molar-refractivity contribution in [2.75, 3.05) is 26.2 Å². The zero-order valence-corrected chi connectivity index (χ0v) is 10.7. The van der Waals surface area contributed by atoms with Crippen molar-refractivity contribution in [3.05, 3.63) is 0 Å². The van der Waals surface area contributed by atoms with Crippen LogP contribution < -0.4 is 5.32 Å². The Balaban J connectivity index is 2.31. The fourth-order valence-corrected chi connectivity index (χ4v) is 1.87. The molecule has 0 radical (unpaired) electrons. The predicted molar refractivity (Wildman–Crippen MR) is 64.4 cm³/mol. The highest BCUT2D eigenvalue weighted by atomic mass is 16.5. The molecule has 0 aromatic heterocycles. The van der Waals surface area contributed by atoms with E-state index in [2.05, 4.69) is 19.2 Å². The van der Waals surface area contributed by atoms with Crippen molar-refractivity contribution in [1.82, 2.24) is 10.2 Å². The van der Waals surface area contributed by atoms with E-state index in [9.17, 15) is 4.79 Å². The number of carbonyl (C=O) groups is 1. The van der Waals surface area contributed by atoms with Gasteiger partial charge in [0.05, 0.1) is 0 Å². The Bertz CT molecular complexity index is 221. The minimum Gasteiger partial charge on any atom is -0.369 e. The van der Waals surface area contributed by atoms with Gasteiger partial charge in [0.2, 0.25) is 0 Å². The number of unbranched alkanes of at least 4 members (excludes halogenated alkanes) is 1. The summed E-state index contributed by atoms with van der Waals surface area (Å²) in [6, 6.07) is 0.389.